The van der Waals surface area contributed by atoms with Crippen LogP contribution >= 0.6 is 0 Å². The molecule has 210 valence electrons. The van der Waals surface area contributed by atoms with Crippen LogP contribution in [0.5, 0.6) is 11.6 Å². The van der Waals surface area contributed by atoms with Crippen molar-refractivity contribution in [2.45, 2.75) is 70.4 Å². The summed E-state index contributed by atoms with van der Waals surface area (Å²) in [6, 6.07) is 12.9. The Morgan fingerprint density at radius 1 is 1.18 bits per heavy atom. The van der Waals surface area contributed by atoms with Gasteiger partial charge in [0.25, 0.3) is 0 Å². The predicted octanol–water partition coefficient (Wildman–Crippen LogP) is 4.17. The smallest absolute Gasteiger partial charge is 0.218 e. The minimum Gasteiger partial charge on any atom is -0.494 e. The molecule has 4 aromatic rings. The van der Waals surface area contributed by atoms with E-state index in [4.69, 9.17) is 9.47 Å². The van der Waals surface area contributed by atoms with Crippen molar-refractivity contribution in [3.05, 3.63) is 76.0 Å². The van der Waals surface area contributed by atoms with E-state index in [0.29, 0.717) is 11.6 Å². The van der Waals surface area contributed by atoms with Gasteiger partial charge in [-0.05, 0) is 73.6 Å². The van der Waals surface area contributed by atoms with E-state index in [0.717, 1.165) is 59.2 Å². The van der Waals surface area contributed by atoms with E-state index in [2.05, 4.69) is 58.3 Å². The fourth-order valence-corrected chi connectivity index (χ4v) is 6.62. The Morgan fingerprint density at radius 3 is 2.77 bits per heavy atom. The quantitative estimate of drug-likeness (QED) is 0.349. The number of methoxy groups -OCH3 is 1. The van der Waals surface area contributed by atoms with Gasteiger partial charge in [-0.3, -0.25) is 4.90 Å². The number of pyridine rings is 1. The molecule has 0 radical (unpaired) electrons. The summed E-state index contributed by atoms with van der Waals surface area (Å²) in [4.78, 5) is 7.02. The van der Waals surface area contributed by atoms with Crippen molar-refractivity contribution in [3.8, 4) is 11.6 Å². The van der Waals surface area contributed by atoms with Crippen LogP contribution in [0.4, 0.5) is 0 Å². The molecular weight excluding hydrogens is 506 g/mol. The number of nitrogens with zero attached hydrogens (tertiary/aromatic N) is 5. The Hall–Kier alpha value is -3.53. The molecule has 3 heterocycles. The monoisotopic (exact) mass is 543 g/mol. The number of aryl methyl sites for hydroxylation is 3. The molecule has 0 amide bonds. The Bertz CT molecular complexity index is 1560. The third-order valence-corrected chi connectivity index (χ3v) is 8.42. The number of aliphatic hydroxyl groups excluding tert-OH is 1. The summed E-state index contributed by atoms with van der Waals surface area (Å²) in [6.45, 7) is 7.79. The first-order valence-corrected chi connectivity index (χ1v) is 13.9. The molecule has 0 bridgehead atoms. The third-order valence-electron chi connectivity index (χ3n) is 8.42. The van der Waals surface area contributed by atoms with E-state index in [9.17, 15) is 10.2 Å². The van der Waals surface area contributed by atoms with Crippen molar-refractivity contribution in [3.63, 3.8) is 0 Å². The van der Waals surface area contributed by atoms with Crippen LogP contribution in [-0.4, -0.2) is 60.6 Å². The van der Waals surface area contributed by atoms with Gasteiger partial charge in [0.05, 0.1) is 7.11 Å². The molecule has 2 atom stereocenters. The number of hydrogen-bond donors (Lipinski definition) is 2. The zero-order chi connectivity index (χ0) is 28.2. The van der Waals surface area contributed by atoms with Crippen LogP contribution in [0.25, 0.3) is 11.0 Å². The van der Waals surface area contributed by atoms with Crippen LogP contribution < -0.4 is 9.47 Å². The maximum atomic E-state index is 10.2. The van der Waals surface area contributed by atoms with E-state index in [1.165, 1.54) is 11.1 Å². The highest BCUT2D eigenvalue weighted by Gasteiger charge is 2.37. The molecule has 2 aromatic heterocycles. The van der Waals surface area contributed by atoms with Crippen molar-refractivity contribution in [1.29, 1.82) is 0 Å². The second-order valence-corrected chi connectivity index (χ2v) is 11.7. The number of rotatable bonds is 6. The largest absolute Gasteiger partial charge is 0.494 e. The zero-order valence-corrected chi connectivity index (χ0v) is 23.8. The Kier molecular flexibility index (Phi) is 6.76. The molecule has 0 saturated carbocycles. The molecule has 1 aliphatic carbocycles. The molecule has 2 N–H and O–H groups in total. The third kappa shape index (κ3) is 4.72. The van der Waals surface area contributed by atoms with Crippen LogP contribution in [0.15, 0.2) is 42.6 Å². The highest BCUT2D eigenvalue weighted by molar-refractivity contribution is 5.86. The first kappa shape index (κ1) is 26.7. The SMILES string of the molecule is COc1cc(C(CC(O)O)c2ccc3c(c2)C(N2Cc4cccnc4OC(C)(C)C2)CC3)c(C)c2nnn(C)c12. The van der Waals surface area contributed by atoms with Gasteiger partial charge in [-0.15, -0.1) is 5.10 Å². The molecule has 0 fully saturated rings. The summed E-state index contributed by atoms with van der Waals surface area (Å²) >= 11 is 0. The van der Waals surface area contributed by atoms with Crippen molar-refractivity contribution in [2.75, 3.05) is 13.7 Å². The number of aromatic nitrogens is 4. The van der Waals surface area contributed by atoms with Gasteiger partial charge >= 0.3 is 0 Å². The summed E-state index contributed by atoms with van der Waals surface area (Å²) in [5, 5.41) is 29.0. The lowest BCUT2D eigenvalue weighted by atomic mass is 9.83. The van der Waals surface area contributed by atoms with Gasteiger partial charge in [0.15, 0.2) is 6.29 Å². The van der Waals surface area contributed by atoms with Gasteiger partial charge in [0.2, 0.25) is 5.88 Å². The van der Waals surface area contributed by atoms with Crippen molar-refractivity contribution in [1.82, 2.24) is 24.9 Å². The molecule has 2 aliphatic rings. The maximum Gasteiger partial charge on any atom is 0.218 e. The summed E-state index contributed by atoms with van der Waals surface area (Å²) in [7, 11) is 3.48. The van der Waals surface area contributed by atoms with Gasteiger partial charge in [-0.2, -0.15) is 0 Å². The summed E-state index contributed by atoms with van der Waals surface area (Å²) < 4.78 is 13.8. The lowest BCUT2D eigenvalue weighted by Crippen LogP contribution is -2.41. The molecule has 2 unspecified atom stereocenters. The van der Waals surface area contributed by atoms with E-state index < -0.39 is 6.29 Å². The van der Waals surface area contributed by atoms with Crippen LogP contribution in [-0.2, 0) is 20.0 Å². The van der Waals surface area contributed by atoms with Crippen LogP contribution in [0.3, 0.4) is 0 Å². The molecule has 2 aromatic carbocycles. The molecule has 1 aliphatic heterocycles. The van der Waals surface area contributed by atoms with Crippen molar-refractivity contribution < 1.29 is 19.7 Å². The van der Waals surface area contributed by atoms with E-state index >= 15 is 0 Å². The Morgan fingerprint density at radius 2 is 2.00 bits per heavy atom. The number of fused-ring (bicyclic) bond motifs is 3. The summed E-state index contributed by atoms with van der Waals surface area (Å²) in [5.41, 5.74) is 7.88. The summed E-state index contributed by atoms with van der Waals surface area (Å²) in [5.74, 6) is 1.11. The number of benzene rings is 2. The highest BCUT2D eigenvalue weighted by Crippen LogP contribution is 2.43. The molecular formula is C31H37N5O4. The molecule has 9 nitrogen and oxygen atoms in total. The lowest BCUT2D eigenvalue weighted by Gasteiger charge is -2.34. The Balaban J connectivity index is 1.42. The average Bonchev–Trinajstić information content (AvgIpc) is 3.48. The van der Waals surface area contributed by atoms with Gasteiger partial charge in [-0.25, -0.2) is 9.67 Å². The van der Waals surface area contributed by atoms with Gasteiger partial charge in [-0.1, -0.05) is 29.5 Å². The second kappa shape index (κ2) is 10.1. The van der Waals surface area contributed by atoms with Gasteiger partial charge in [0, 0.05) is 50.3 Å². The van der Waals surface area contributed by atoms with Crippen molar-refractivity contribution in [2.24, 2.45) is 7.05 Å². The maximum absolute atomic E-state index is 10.2. The lowest BCUT2D eigenvalue weighted by molar-refractivity contribution is -0.0477. The first-order valence-electron chi connectivity index (χ1n) is 13.9. The second-order valence-electron chi connectivity index (χ2n) is 11.7. The van der Waals surface area contributed by atoms with Crippen LogP contribution in [0.1, 0.15) is 72.0 Å². The summed E-state index contributed by atoms with van der Waals surface area (Å²) in [6.07, 6.45) is 2.50. The molecule has 6 rings (SSSR count). The molecule has 40 heavy (non-hydrogen) atoms. The minimum absolute atomic E-state index is 0.156. The fraction of sp³-hybridized carbons (Fsp3) is 0.452. The Labute approximate surface area is 234 Å². The van der Waals surface area contributed by atoms with E-state index in [-0.39, 0.29) is 24.0 Å². The van der Waals surface area contributed by atoms with Crippen LogP contribution in [0.2, 0.25) is 0 Å². The minimum atomic E-state index is -1.47. The zero-order valence-electron chi connectivity index (χ0n) is 23.8. The normalized spacial score (nSPS) is 19.2. The molecule has 0 saturated heterocycles. The predicted molar refractivity (Wildman–Crippen MR) is 151 cm³/mol. The average molecular weight is 544 g/mol. The van der Waals surface area contributed by atoms with E-state index in [1.54, 1.807) is 18.0 Å². The first-order chi connectivity index (χ1) is 19.1. The number of ether oxygens (including phenoxy) is 2. The fourth-order valence-electron chi connectivity index (χ4n) is 6.62. The number of aliphatic hydroxyl groups is 2. The molecule has 9 heteroatoms. The van der Waals surface area contributed by atoms with E-state index in [1.807, 2.05) is 26.1 Å². The van der Waals surface area contributed by atoms with Crippen molar-refractivity contribution >= 4 is 11.0 Å². The number of hydrogen-bond acceptors (Lipinski definition) is 8. The van der Waals surface area contributed by atoms with Gasteiger partial charge < -0.3 is 19.7 Å². The van der Waals surface area contributed by atoms with Crippen LogP contribution in [0, 0.1) is 6.92 Å². The topological polar surface area (TPSA) is 106 Å². The standard InChI is InChI=1S/C31H37N5O4/c1-18-22(14-26(39-5)29-28(18)33-34-35(29)4)23(15-27(37)38)20-9-8-19-10-11-25(24(19)13-20)36-16-21-7-6-12-32-30(21)40-31(2,3)17-36/h6-9,12-14,23,25,27,37-38H,10-11,15-17H2,1-5H3. The molecule has 0 spiro atoms. The highest BCUT2D eigenvalue weighted by atomic mass is 16.5. The van der Waals surface area contributed by atoms with Gasteiger partial charge in [0.1, 0.15) is 22.4 Å².